The van der Waals surface area contributed by atoms with Crippen molar-refractivity contribution >= 4 is 25.8 Å². The summed E-state index contributed by atoms with van der Waals surface area (Å²) in [4.78, 5) is 14.2. The fraction of sp³-hybridized carbons (Fsp3) is 0.552. The molecular weight excluding hydrogens is 520 g/mol. The summed E-state index contributed by atoms with van der Waals surface area (Å²) >= 11 is 0. The minimum atomic E-state index is -3.78. The lowest BCUT2D eigenvalue weighted by Crippen LogP contribution is -2.50. The highest BCUT2D eigenvalue weighted by Gasteiger charge is 2.72. The number of hydrogen-bond donors (Lipinski definition) is 1. The first-order valence-corrected chi connectivity index (χ1v) is 16.8. The lowest BCUT2D eigenvalue weighted by Gasteiger charge is -2.37. The summed E-state index contributed by atoms with van der Waals surface area (Å²) in [5.41, 5.74) is 0.543. The minimum absolute atomic E-state index is 0.00973. The predicted octanol–water partition coefficient (Wildman–Crippen LogP) is 3.56. The number of sulfonamides is 1. The van der Waals surface area contributed by atoms with Crippen LogP contribution in [0.2, 0.25) is 0 Å². The first-order valence-electron chi connectivity index (χ1n) is 13.6. The summed E-state index contributed by atoms with van der Waals surface area (Å²) < 4.78 is 55.7. The third-order valence-electron chi connectivity index (χ3n) is 10.3. The standard InChI is InChI=1S/C29H36N2O5S2/c1-28(2)21-15-16-29(28)19-37(33,34)31(26(29)17-21)27(32)24-18-25(38(35,36)22-11-7-4-8-12-22)23(30-24)14-13-20-9-5-3-6-10-20/h3-12,21,23-26,30H,13-19H2,1-2H3/t21-,23+,24+,25+,26-,29-/m0/s1. The van der Waals surface area contributed by atoms with Crippen molar-refractivity contribution < 1.29 is 21.6 Å². The van der Waals surface area contributed by atoms with Crippen LogP contribution in [0.3, 0.4) is 0 Å². The zero-order chi connectivity index (χ0) is 26.9. The van der Waals surface area contributed by atoms with Gasteiger partial charge in [-0.2, -0.15) is 0 Å². The van der Waals surface area contributed by atoms with E-state index in [-0.39, 0.29) is 28.5 Å². The van der Waals surface area contributed by atoms with Gasteiger partial charge in [0, 0.05) is 11.5 Å². The van der Waals surface area contributed by atoms with Gasteiger partial charge in [-0.05, 0) is 67.6 Å². The number of aryl methyl sites for hydroxylation is 1. The zero-order valence-corrected chi connectivity index (χ0v) is 23.5. The summed E-state index contributed by atoms with van der Waals surface area (Å²) in [6, 6.07) is 16.5. The Morgan fingerprint density at radius 2 is 1.68 bits per heavy atom. The maximum absolute atomic E-state index is 14.0. The average molecular weight is 557 g/mol. The van der Waals surface area contributed by atoms with Crippen LogP contribution in [0.1, 0.15) is 51.5 Å². The number of rotatable bonds is 6. The number of benzene rings is 2. The van der Waals surface area contributed by atoms with E-state index in [2.05, 4.69) is 19.2 Å². The van der Waals surface area contributed by atoms with Crippen molar-refractivity contribution in [1.82, 2.24) is 9.62 Å². The molecule has 0 aromatic heterocycles. The van der Waals surface area contributed by atoms with Crippen molar-refractivity contribution in [3.8, 4) is 0 Å². The molecule has 38 heavy (non-hydrogen) atoms. The second kappa shape index (κ2) is 8.89. The van der Waals surface area contributed by atoms with Crippen LogP contribution in [0, 0.1) is 16.7 Å². The van der Waals surface area contributed by atoms with Crippen LogP contribution in [0.5, 0.6) is 0 Å². The molecule has 7 nitrogen and oxygen atoms in total. The van der Waals surface area contributed by atoms with E-state index in [1.807, 2.05) is 30.3 Å². The molecule has 6 rings (SSSR count). The number of sulfone groups is 1. The van der Waals surface area contributed by atoms with Gasteiger partial charge in [0.25, 0.3) is 5.91 Å². The second-order valence-corrected chi connectivity index (χ2v) is 16.3. The van der Waals surface area contributed by atoms with Gasteiger partial charge < -0.3 is 5.32 Å². The highest BCUT2D eigenvalue weighted by atomic mass is 32.2. The zero-order valence-electron chi connectivity index (χ0n) is 21.9. The van der Waals surface area contributed by atoms with Gasteiger partial charge >= 0.3 is 0 Å². The maximum Gasteiger partial charge on any atom is 0.253 e. The lowest BCUT2D eigenvalue weighted by molar-refractivity contribution is -0.130. The van der Waals surface area contributed by atoms with E-state index >= 15 is 0 Å². The second-order valence-electron chi connectivity index (χ2n) is 12.2. The molecule has 2 aliphatic carbocycles. The molecule has 1 N–H and O–H groups in total. The molecule has 204 valence electrons. The average Bonchev–Trinajstić information content (AvgIpc) is 3.56. The third kappa shape index (κ3) is 3.79. The number of fused-ring (bicyclic) bond motifs is 1. The summed E-state index contributed by atoms with van der Waals surface area (Å²) in [5, 5.41) is 2.49. The van der Waals surface area contributed by atoms with Gasteiger partial charge in [0.05, 0.1) is 28.0 Å². The molecule has 4 fully saturated rings. The molecule has 2 saturated carbocycles. The number of carbonyl (C=O) groups is 1. The molecule has 2 saturated heterocycles. The van der Waals surface area contributed by atoms with Crippen LogP contribution in [0.4, 0.5) is 0 Å². The van der Waals surface area contributed by atoms with E-state index in [0.29, 0.717) is 25.2 Å². The largest absolute Gasteiger partial charge is 0.302 e. The van der Waals surface area contributed by atoms with Gasteiger partial charge in [-0.3, -0.25) is 4.79 Å². The van der Waals surface area contributed by atoms with Gasteiger partial charge in [-0.1, -0.05) is 62.4 Å². The van der Waals surface area contributed by atoms with Gasteiger partial charge in [0.2, 0.25) is 10.0 Å². The van der Waals surface area contributed by atoms with Gasteiger partial charge in [-0.25, -0.2) is 21.1 Å². The SMILES string of the molecule is CC1(C)[C@H]2CC[C@@]13CS(=O)(=O)N(C(=O)[C@H]1C[C@@H](S(=O)(=O)c4ccccc4)[C@@H](CCc4ccccc4)N1)[C@H]3C2. The highest BCUT2D eigenvalue weighted by Crippen LogP contribution is 2.70. The summed E-state index contributed by atoms with van der Waals surface area (Å²) in [6.07, 6.45) is 3.77. The Bertz CT molecular complexity index is 1440. The molecule has 1 spiro atoms. The fourth-order valence-corrected chi connectivity index (χ4v) is 12.7. The van der Waals surface area contributed by atoms with E-state index in [1.165, 1.54) is 4.31 Å². The maximum atomic E-state index is 14.0. The van der Waals surface area contributed by atoms with E-state index in [4.69, 9.17) is 0 Å². The molecule has 4 aliphatic rings. The lowest BCUT2D eigenvalue weighted by atomic mass is 9.69. The van der Waals surface area contributed by atoms with Crippen molar-refractivity contribution in [2.24, 2.45) is 16.7 Å². The van der Waals surface area contributed by atoms with E-state index in [0.717, 1.165) is 18.4 Å². The monoisotopic (exact) mass is 556 g/mol. The number of amides is 1. The fourth-order valence-electron chi connectivity index (χ4n) is 8.10. The van der Waals surface area contributed by atoms with Crippen LogP contribution < -0.4 is 5.32 Å². The van der Waals surface area contributed by atoms with Crippen molar-refractivity contribution in [3.05, 3.63) is 66.2 Å². The van der Waals surface area contributed by atoms with Gasteiger partial charge in [-0.15, -0.1) is 0 Å². The Balaban J connectivity index is 1.30. The van der Waals surface area contributed by atoms with E-state index in [9.17, 15) is 21.6 Å². The molecule has 2 aromatic carbocycles. The summed E-state index contributed by atoms with van der Waals surface area (Å²) in [6.45, 7) is 4.31. The Labute approximate surface area is 226 Å². The molecule has 6 atom stereocenters. The van der Waals surface area contributed by atoms with Crippen molar-refractivity contribution in [2.45, 2.75) is 80.6 Å². The quantitative estimate of drug-likeness (QED) is 0.584. The molecule has 0 unspecified atom stereocenters. The van der Waals surface area contributed by atoms with E-state index in [1.54, 1.807) is 30.3 Å². The molecule has 2 aromatic rings. The van der Waals surface area contributed by atoms with Crippen molar-refractivity contribution in [3.63, 3.8) is 0 Å². The number of carbonyl (C=O) groups excluding carboxylic acids is 1. The van der Waals surface area contributed by atoms with E-state index < -0.39 is 48.5 Å². The number of nitrogens with one attached hydrogen (secondary N) is 1. The molecule has 1 amide bonds. The molecule has 9 heteroatoms. The third-order valence-corrected chi connectivity index (χ3v) is 14.5. The van der Waals surface area contributed by atoms with Crippen LogP contribution >= 0.6 is 0 Å². The summed E-state index contributed by atoms with van der Waals surface area (Å²) in [7, 11) is -7.52. The van der Waals surface area contributed by atoms with Crippen LogP contribution in [-0.2, 0) is 31.1 Å². The van der Waals surface area contributed by atoms with Crippen LogP contribution in [0.25, 0.3) is 0 Å². The first-order chi connectivity index (χ1) is 18.0. The Hall–Kier alpha value is -2.23. The Kier molecular flexibility index (Phi) is 6.09. The van der Waals surface area contributed by atoms with Crippen LogP contribution in [0.15, 0.2) is 65.6 Å². The molecular formula is C29H36N2O5S2. The number of hydrogen-bond acceptors (Lipinski definition) is 6. The minimum Gasteiger partial charge on any atom is -0.302 e. The Morgan fingerprint density at radius 1 is 1.03 bits per heavy atom. The molecule has 2 bridgehead atoms. The topological polar surface area (TPSA) is 101 Å². The molecule has 2 aliphatic heterocycles. The summed E-state index contributed by atoms with van der Waals surface area (Å²) in [5.74, 6) is -0.0686. The first kappa shape index (κ1) is 26.0. The van der Waals surface area contributed by atoms with Crippen molar-refractivity contribution in [1.29, 1.82) is 0 Å². The van der Waals surface area contributed by atoms with Crippen molar-refractivity contribution in [2.75, 3.05) is 5.75 Å². The smallest absolute Gasteiger partial charge is 0.253 e. The van der Waals surface area contributed by atoms with Gasteiger partial charge in [0.15, 0.2) is 9.84 Å². The predicted molar refractivity (Wildman–Crippen MR) is 145 cm³/mol. The molecule has 0 radical (unpaired) electrons. The number of nitrogens with zero attached hydrogens (tertiary/aromatic N) is 1. The van der Waals surface area contributed by atoms with Crippen LogP contribution in [-0.4, -0.2) is 56.2 Å². The van der Waals surface area contributed by atoms with Gasteiger partial charge in [0.1, 0.15) is 0 Å². The molecule has 2 heterocycles. The Morgan fingerprint density at radius 3 is 2.34 bits per heavy atom. The highest BCUT2D eigenvalue weighted by molar-refractivity contribution is 7.92. The normalized spacial score (nSPS) is 34.9.